The molecule has 2 N–H and O–H groups in total. The Morgan fingerprint density at radius 2 is 1.59 bits per heavy atom. The molecule has 1 aliphatic carbocycles. The van der Waals surface area contributed by atoms with E-state index in [1.165, 1.54) is 17.5 Å². The fraction of sp³-hybridized carbons (Fsp3) is 0.375. The molecule has 1 amide bonds. The summed E-state index contributed by atoms with van der Waals surface area (Å²) in [6.45, 7) is 11.3. The number of carbonyl (C=O) groups excluding carboxylic acids is 1. The van der Waals surface area contributed by atoms with Crippen molar-refractivity contribution in [2.45, 2.75) is 58.3 Å². The third-order valence-corrected chi connectivity index (χ3v) is 6.22. The minimum Gasteiger partial charge on any atom is -0.351 e. The molecule has 0 atom stereocenters. The van der Waals surface area contributed by atoms with Gasteiger partial charge >= 0.3 is 0 Å². The predicted molar refractivity (Wildman–Crippen MR) is 113 cm³/mol. The third kappa shape index (κ3) is 3.05. The zero-order valence-corrected chi connectivity index (χ0v) is 16.9. The van der Waals surface area contributed by atoms with Gasteiger partial charge in [-0.1, -0.05) is 52.0 Å². The number of amides is 1. The summed E-state index contributed by atoms with van der Waals surface area (Å²) in [5.41, 5.74) is 6.66. The van der Waals surface area contributed by atoms with E-state index in [2.05, 4.69) is 57.1 Å². The zero-order chi connectivity index (χ0) is 19.4. The summed E-state index contributed by atoms with van der Waals surface area (Å²) >= 11 is 0. The molecule has 1 heterocycles. The highest BCUT2D eigenvalue weighted by atomic mass is 16.1. The number of aromatic nitrogens is 1. The van der Waals surface area contributed by atoms with E-state index in [1.54, 1.807) is 0 Å². The summed E-state index contributed by atoms with van der Waals surface area (Å²) in [6, 6.07) is 14.3. The van der Waals surface area contributed by atoms with Gasteiger partial charge in [0.25, 0.3) is 5.91 Å². The lowest BCUT2D eigenvalue weighted by Gasteiger charge is -2.42. The molecule has 27 heavy (non-hydrogen) atoms. The molecule has 1 aliphatic rings. The fourth-order valence-electron chi connectivity index (χ4n) is 4.24. The second-order valence-corrected chi connectivity index (χ2v) is 9.20. The maximum atomic E-state index is 12.9. The Balaban J connectivity index is 1.71. The number of H-pyrrole nitrogens is 1. The van der Waals surface area contributed by atoms with E-state index in [9.17, 15) is 4.79 Å². The molecule has 0 fully saturated rings. The monoisotopic (exact) mass is 360 g/mol. The number of benzene rings is 2. The van der Waals surface area contributed by atoms with Crippen LogP contribution in [0.1, 0.15) is 67.7 Å². The SMILES string of the molecule is Cc1cc2c(cc1NC(=O)c1cc3ccccc3[nH]1)C(C)(C)CCC2(C)C. The predicted octanol–water partition coefficient (Wildman–Crippen LogP) is 6.08. The highest BCUT2D eigenvalue weighted by molar-refractivity contribution is 6.06. The van der Waals surface area contributed by atoms with Crippen molar-refractivity contribution in [1.29, 1.82) is 0 Å². The number of para-hydroxylation sites is 1. The van der Waals surface area contributed by atoms with E-state index >= 15 is 0 Å². The molecule has 1 aromatic heterocycles. The van der Waals surface area contributed by atoms with Crippen molar-refractivity contribution in [2.24, 2.45) is 0 Å². The molecule has 0 bridgehead atoms. The van der Waals surface area contributed by atoms with Gasteiger partial charge in [0.1, 0.15) is 5.69 Å². The number of anilines is 1. The van der Waals surface area contributed by atoms with Crippen LogP contribution in [-0.4, -0.2) is 10.9 Å². The summed E-state index contributed by atoms with van der Waals surface area (Å²) in [7, 11) is 0. The number of carbonyl (C=O) groups is 1. The second kappa shape index (κ2) is 5.98. The first-order valence-electron chi connectivity index (χ1n) is 9.72. The van der Waals surface area contributed by atoms with E-state index in [0.29, 0.717) is 5.69 Å². The van der Waals surface area contributed by atoms with Gasteiger partial charge in [-0.3, -0.25) is 4.79 Å². The van der Waals surface area contributed by atoms with Crippen LogP contribution >= 0.6 is 0 Å². The molecule has 140 valence electrons. The van der Waals surface area contributed by atoms with Crippen LogP contribution in [0.25, 0.3) is 10.9 Å². The van der Waals surface area contributed by atoms with Crippen molar-refractivity contribution >= 4 is 22.5 Å². The Hall–Kier alpha value is -2.55. The van der Waals surface area contributed by atoms with Gasteiger partial charge in [-0.15, -0.1) is 0 Å². The zero-order valence-electron chi connectivity index (χ0n) is 16.9. The molecule has 0 saturated carbocycles. The Morgan fingerprint density at radius 3 is 2.26 bits per heavy atom. The van der Waals surface area contributed by atoms with Crippen molar-refractivity contribution in [3.8, 4) is 0 Å². The van der Waals surface area contributed by atoms with Crippen LogP contribution < -0.4 is 5.32 Å². The smallest absolute Gasteiger partial charge is 0.272 e. The summed E-state index contributed by atoms with van der Waals surface area (Å²) in [5.74, 6) is -0.0953. The number of nitrogens with one attached hydrogen (secondary N) is 2. The highest BCUT2D eigenvalue weighted by Gasteiger charge is 2.37. The topological polar surface area (TPSA) is 44.9 Å². The van der Waals surface area contributed by atoms with Gasteiger partial charge < -0.3 is 10.3 Å². The highest BCUT2D eigenvalue weighted by Crippen LogP contribution is 2.47. The summed E-state index contributed by atoms with van der Waals surface area (Å²) in [5, 5.41) is 4.18. The van der Waals surface area contributed by atoms with Crippen LogP contribution in [-0.2, 0) is 10.8 Å². The first-order chi connectivity index (χ1) is 12.7. The third-order valence-electron chi connectivity index (χ3n) is 6.22. The quantitative estimate of drug-likeness (QED) is 0.572. The van der Waals surface area contributed by atoms with Gasteiger partial charge in [0.15, 0.2) is 0 Å². The van der Waals surface area contributed by atoms with E-state index < -0.39 is 0 Å². The van der Waals surface area contributed by atoms with Crippen molar-refractivity contribution in [1.82, 2.24) is 4.98 Å². The van der Waals surface area contributed by atoms with Crippen molar-refractivity contribution in [3.05, 3.63) is 64.8 Å². The lowest BCUT2D eigenvalue weighted by molar-refractivity contribution is 0.102. The number of rotatable bonds is 2. The van der Waals surface area contributed by atoms with Crippen molar-refractivity contribution in [2.75, 3.05) is 5.32 Å². The lowest BCUT2D eigenvalue weighted by atomic mass is 9.63. The van der Waals surface area contributed by atoms with Gasteiger partial charge in [0.2, 0.25) is 0 Å². The molecular weight excluding hydrogens is 332 g/mol. The Kier molecular flexibility index (Phi) is 3.95. The van der Waals surface area contributed by atoms with Crippen molar-refractivity contribution < 1.29 is 4.79 Å². The first kappa shape index (κ1) is 17.8. The molecule has 0 spiro atoms. The van der Waals surface area contributed by atoms with Gasteiger partial charge in [-0.2, -0.15) is 0 Å². The van der Waals surface area contributed by atoms with E-state index in [-0.39, 0.29) is 16.7 Å². The standard InChI is InChI=1S/C24H28N2O/c1-15-12-17-18(24(4,5)11-10-23(17,2)3)14-20(15)26-22(27)21-13-16-8-6-7-9-19(16)25-21/h6-9,12-14,25H,10-11H2,1-5H3,(H,26,27). The van der Waals surface area contributed by atoms with Crippen molar-refractivity contribution in [3.63, 3.8) is 0 Å². The van der Waals surface area contributed by atoms with E-state index in [1.807, 2.05) is 30.3 Å². The molecule has 3 heteroatoms. The molecule has 0 saturated heterocycles. The summed E-state index contributed by atoms with van der Waals surface area (Å²) < 4.78 is 0. The van der Waals surface area contributed by atoms with Gasteiger partial charge in [0, 0.05) is 16.6 Å². The van der Waals surface area contributed by atoms with E-state index in [0.717, 1.165) is 28.6 Å². The average molecular weight is 361 g/mol. The molecule has 3 aromatic rings. The van der Waals surface area contributed by atoms with Gasteiger partial charge in [-0.05, 0) is 65.5 Å². The Morgan fingerprint density at radius 1 is 0.963 bits per heavy atom. The van der Waals surface area contributed by atoms with Crippen LogP contribution in [0.3, 0.4) is 0 Å². The maximum Gasteiger partial charge on any atom is 0.272 e. The number of hydrogen-bond acceptors (Lipinski definition) is 1. The molecule has 0 aliphatic heterocycles. The summed E-state index contributed by atoms with van der Waals surface area (Å²) in [6.07, 6.45) is 2.35. The molecule has 0 radical (unpaired) electrons. The summed E-state index contributed by atoms with van der Waals surface area (Å²) in [4.78, 5) is 16.1. The van der Waals surface area contributed by atoms with Gasteiger partial charge in [0.05, 0.1) is 0 Å². The second-order valence-electron chi connectivity index (χ2n) is 9.20. The number of fused-ring (bicyclic) bond motifs is 2. The van der Waals surface area contributed by atoms with Crippen LogP contribution in [0.5, 0.6) is 0 Å². The van der Waals surface area contributed by atoms with Crippen LogP contribution in [0, 0.1) is 6.92 Å². The fourth-order valence-corrected chi connectivity index (χ4v) is 4.24. The maximum absolute atomic E-state index is 12.9. The normalized spacial score (nSPS) is 17.5. The Bertz CT molecular complexity index is 1010. The number of aromatic amines is 1. The molecule has 3 nitrogen and oxygen atoms in total. The lowest BCUT2D eigenvalue weighted by Crippen LogP contribution is -2.34. The minimum absolute atomic E-state index is 0.0953. The number of aryl methyl sites for hydroxylation is 1. The van der Waals surface area contributed by atoms with E-state index in [4.69, 9.17) is 0 Å². The molecule has 0 unspecified atom stereocenters. The molecule has 4 rings (SSSR count). The molecule has 2 aromatic carbocycles. The minimum atomic E-state index is -0.0953. The van der Waals surface area contributed by atoms with Crippen LogP contribution in [0.2, 0.25) is 0 Å². The first-order valence-corrected chi connectivity index (χ1v) is 9.72. The molecular formula is C24H28N2O. The number of hydrogen-bond donors (Lipinski definition) is 2. The Labute approximate surface area is 161 Å². The van der Waals surface area contributed by atoms with Crippen LogP contribution in [0.15, 0.2) is 42.5 Å². The van der Waals surface area contributed by atoms with Gasteiger partial charge in [-0.25, -0.2) is 0 Å². The van der Waals surface area contributed by atoms with Crippen LogP contribution in [0.4, 0.5) is 5.69 Å². The largest absolute Gasteiger partial charge is 0.351 e. The average Bonchev–Trinajstić information content (AvgIpc) is 3.05.